The van der Waals surface area contributed by atoms with Crippen LogP contribution in [0.4, 0.5) is 39.5 Å². The Morgan fingerprint density at radius 3 is 1.60 bits per heavy atom. The third kappa shape index (κ3) is 12.9. The van der Waals surface area contributed by atoms with Gasteiger partial charge in [0.2, 0.25) is 0 Å². The predicted molar refractivity (Wildman–Crippen MR) is 144 cm³/mol. The van der Waals surface area contributed by atoms with Gasteiger partial charge in [-0.05, 0) is 36.4 Å². The van der Waals surface area contributed by atoms with Gasteiger partial charge in [0.05, 0.1) is 42.1 Å². The lowest BCUT2D eigenvalue weighted by atomic mass is 10.2. The highest BCUT2D eigenvalue weighted by Gasteiger charge is 2.34. The predicted octanol–water partition coefficient (Wildman–Crippen LogP) is 4.70. The Bertz CT molecular complexity index is 1590. The summed E-state index contributed by atoms with van der Waals surface area (Å²) in [6.07, 6.45) is -6.56. The fraction of sp³-hybridized carbons (Fsp3) is 0.286. The van der Waals surface area contributed by atoms with Gasteiger partial charge in [0.1, 0.15) is 11.6 Å². The van der Waals surface area contributed by atoms with Gasteiger partial charge in [0, 0.05) is 43.7 Å². The van der Waals surface area contributed by atoms with Crippen LogP contribution in [-0.4, -0.2) is 59.5 Å². The van der Waals surface area contributed by atoms with E-state index in [1.54, 1.807) is 18.5 Å². The van der Waals surface area contributed by atoms with E-state index in [0.717, 1.165) is 18.3 Å². The molecule has 0 bridgehead atoms. The molecule has 1 N–H and O–H groups in total. The fourth-order valence-electron chi connectivity index (χ4n) is 3.42. The van der Waals surface area contributed by atoms with E-state index in [1.807, 2.05) is 0 Å². The molecule has 11 nitrogen and oxygen atoms in total. The zero-order chi connectivity index (χ0) is 35.4. The number of amides is 1. The van der Waals surface area contributed by atoms with Crippen LogP contribution in [-0.2, 0) is 52.9 Å². The maximum Gasteiger partial charge on any atom is 0.422 e. The average molecular weight is 691 g/mol. The number of hydrogen-bond donors (Lipinski definition) is 1. The molecule has 20 heteroatoms. The number of esters is 1. The van der Waals surface area contributed by atoms with Crippen LogP contribution >= 0.6 is 0 Å². The van der Waals surface area contributed by atoms with Crippen LogP contribution in [0.5, 0.6) is 0 Å². The summed E-state index contributed by atoms with van der Waals surface area (Å²) >= 11 is 0. The Balaban J connectivity index is 0.000000284. The van der Waals surface area contributed by atoms with Crippen molar-refractivity contribution in [2.45, 2.75) is 44.7 Å². The van der Waals surface area contributed by atoms with Crippen LogP contribution in [0.25, 0.3) is 0 Å². The maximum absolute atomic E-state index is 12.6. The molecule has 0 unspecified atom stereocenters. The number of halogens is 9. The highest BCUT2D eigenvalue weighted by Crippen LogP contribution is 2.29. The molecule has 0 fully saturated rings. The Morgan fingerprint density at radius 1 is 0.646 bits per heavy atom. The van der Waals surface area contributed by atoms with Crippen LogP contribution in [0.15, 0.2) is 73.6 Å². The number of carbonyl (C=O) groups is 2. The minimum absolute atomic E-state index is 0.0383. The molecule has 0 aliphatic heterocycles. The fourth-order valence-corrected chi connectivity index (χ4v) is 3.42. The molecule has 4 rings (SSSR count). The molecule has 4 aromatic heterocycles. The highest BCUT2D eigenvalue weighted by molar-refractivity contribution is 6.32. The SMILES string of the molecule is FC(F)(F)c1ccc(CNCc2ncccn2)nc1.O=C(OCC(F)(F)F)C(=O)N(Cc1ccc(C(F)(F)F)cn1)Cc1ncccn1. The Labute approximate surface area is 265 Å². The zero-order valence-corrected chi connectivity index (χ0v) is 24.2. The van der Waals surface area contributed by atoms with Gasteiger partial charge in [0.25, 0.3) is 0 Å². The number of alkyl halides is 9. The Morgan fingerprint density at radius 2 is 1.15 bits per heavy atom. The first-order valence-corrected chi connectivity index (χ1v) is 13.3. The molecule has 0 saturated carbocycles. The van der Waals surface area contributed by atoms with Crippen LogP contribution in [0.1, 0.15) is 34.2 Å². The van der Waals surface area contributed by atoms with Crippen LogP contribution in [0, 0.1) is 0 Å². The van der Waals surface area contributed by atoms with E-state index in [0.29, 0.717) is 41.8 Å². The molecule has 0 saturated heterocycles. The van der Waals surface area contributed by atoms with Gasteiger partial charge in [-0.3, -0.25) is 14.8 Å². The van der Waals surface area contributed by atoms with E-state index in [4.69, 9.17) is 0 Å². The summed E-state index contributed by atoms with van der Waals surface area (Å²) < 4.78 is 115. The molecule has 0 spiro atoms. The lowest BCUT2D eigenvalue weighted by molar-refractivity contribution is -0.189. The van der Waals surface area contributed by atoms with E-state index in [2.05, 4.69) is 40.0 Å². The van der Waals surface area contributed by atoms with Crippen molar-refractivity contribution in [2.24, 2.45) is 0 Å². The summed E-state index contributed by atoms with van der Waals surface area (Å²) in [4.78, 5) is 47.6. The van der Waals surface area contributed by atoms with Gasteiger partial charge in [-0.1, -0.05) is 0 Å². The van der Waals surface area contributed by atoms with Crippen LogP contribution < -0.4 is 5.32 Å². The first-order chi connectivity index (χ1) is 22.5. The van der Waals surface area contributed by atoms with Gasteiger partial charge < -0.3 is 15.0 Å². The van der Waals surface area contributed by atoms with Gasteiger partial charge in [-0.15, -0.1) is 0 Å². The molecule has 4 heterocycles. The minimum atomic E-state index is -4.84. The number of nitrogens with zero attached hydrogens (tertiary/aromatic N) is 7. The molecule has 1 amide bonds. The van der Waals surface area contributed by atoms with Crippen molar-refractivity contribution < 1.29 is 53.8 Å². The maximum atomic E-state index is 12.6. The molecule has 0 atom stereocenters. The highest BCUT2D eigenvalue weighted by atomic mass is 19.4. The van der Waals surface area contributed by atoms with Crippen molar-refractivity contribution in [1.82, 2.24) is 40.1 Å². The number of hydrogen-bond acceptors (Lipinski definition) is 10. The van der Waals surface area contributed by atoms with Gasteiger partial charge in [-0.2, -0.15) is 39.5 Å². The number of rotatable bonds is 9. The zero-order valence-electron chi connectivity index (χ0n) is 24.2. The number of pyridine rings is 2. The summed E-state index contributed by atoms with van der Waals surface area (Å²) in [6.45, 7) is -2.08. The third-order valence-electron chi connectivity index (χ3n) is 5.65. The summed E-state index contributed by atoms with van der Waals surface area (Å²) in [5.41, 5.74) is -1.30. The minimum Gasteiger partial charge on any atom is -0.449 e. The van der Waals surface area contributed by atoms with Crippen molar-refractivity contribution in [3.63, 3.8) is 0 Å². The van der Waals surface area contributed by atoms with E-state index in [-0.39, 0.29) is 11.5 Å². The number of carbonyl (C=O) groups excluding carboxylic acids is 2. The monoisotopic (exact) mass is 690 g/mol. The molecular weight excluding hydrogens is 667 g/mol. The summed E-state index contributed by atoms with van der Waals surface area (Å²) in [5.74, 6) is -2.58. The standard InChI is InChI=1S/C16H12F6N4O3.C12H11F3N4/c17-15(18,19)9-29-14(28)13(27)26(8-12-23-4-1-5-24-12)7-11-3-2-10(6-25-11)16(20,21)22;13-12(14,15)9-2-3-10(19-6-9)7-16-8-11-17-4-1-5-18-11/h1-6H,7-9H2;1-6,16H,7-8H2. The first-order valence-electron chi connectivity index (χ1n) is 13.3. The summed E-state index contributed by atoms with van der Waals surface area (Å²) in [5, 5.41) is 3.01. The average Bonchev–Trinajstić information content (AvgIpc) is 3.03. The lowest BCUT2D eigenvalue weighted by Gasteiger charge is -2.21. The van der Waals surface area contributed by atoms with Gasteiger partial charge >= 0.3 is 30.4 Å². The van der Waals surface area contributed by atoms with E-state index >= 15 is 0 Å². The van der Waals surface area contributed by atoms with E-state index in [1.165, 1.54) is 24.5 Å². The Hall–Kier alpha value is -5.27. The van der Waals surface area contributed by atoms with Crippen molar-refractivity contribution in [3.05, 3.63) is 108 Å². The number of aromatic nitrogens is 6. The van der Waals surface area contributed by atoms with E-state index in [9.17, 15) is 49.1 Å². The normalized spacial score (nSPS) is 11.7. The van der Waals surface area contributed by atoms with Crippen LogP contribution in [0.2, 0.25) is 0 Å². The van der Waals surface area contributed by atoms with Crippen molar-refractivity contribution in [1.29, 1.82) is 0 Å². The second-order valence-electron chi connectivity index (χ2n) is 9.36. The second kappa shape index (κ2) is 16.5. The molecule has 0 aromatic carbocycles. The number of nitrogens with one attached hydrogen (secondary N) is 1. The molecule has 256 valence electrons. The molecule has 48 heavy (non-hydrogen) atoms. The molecule has 0 aliphatic carbocycles. The second-order valence-corrected chi connectivity index (χ2v) is 9.36. The van der Waals surface area contributed by atoms with Gasteiger partial charge in [0.15, 0.2) is 6.61 Å². The molecule has 0 radical (unpaired) electrons. The van der Waals surface area contributed by atoms with Crippen LogP contribution in [0.3, 0.4) is 0 Å². The third-order valence-corrected chi connectivity index (χ3v) is 5.65. The van der Waals surface area contributed by atoms with Crippen molar-refractivity contribution in [3.8, 4) is 0 Å². The van der Waals surface area contributed by atoms with Gasteiger partial charge in [-0.25, -0.2) is 24.7 Å². The molecular formula is C28H23F9N8O3. The summed E-state index contributed by atoms with van der Waals surface area (Å²) in [7, 11) is 0. The quantitative estimate of drug-likeness (QED) is 0.150. The lowest BCUT2D eigenvalue weighted by Crippen LogP contribution is -2.38. The largest absolute Gasteiger partial charge is 0.449 e. The number of ether oxygens (including phenoxy) is 1. The van der Waals surface area contributed by atoms with Crippen molar-refractivity contribution in [2.75, 3.05) is 6.61 Å². The first kappa shape index (κ1) is 37.2. The van der Waals surface area contributed by atoms with E-state index < -0.39 is 61.2 Å². The summed E-state index contributed by atoms with van der Waals surface area (Å²) in [6, 6.07) is 7.22. The molecule has 4 aromatic rings. The molecule has 0 aliphatic rings. The topological polar surface area (TPSA) is 136 Å². The Kier molecular flexibility index (Phi) is 12.8. The van der Waals surface area contributed by atoms with Crippen molar-refractivity contribution >= 4 is 11.9 Å². The smallest absolute Gasteiger partial charge is 0.422 e.